The standard InChI is InChI=1S/C13H20N2/c1-9-3-4-12-11(5-9)8-15-10(2)6-14-7-13(12)15/h5,10,13-14H,3-4,6-8H2,1-2H3. The van der Waals surface area contributed by atoms with E-state index in [1.54, 1.807) is 16.7 Å². The van der Waals surface area contributed by atoms with E-state index in [0.717, 1.165) is 13.1 Å². The average Bonchev–Trinajstić information content (AvgIpc) is 2.57. The topological polar surface area (TPSA) is 15.3 Å². The Kier molecular flexibility index (Phi) is 2.22. The van der Waals surface area contributed by atoms with Gasteiger partial charge in [0.25, 0.3) is 0 Å². The van der Waals surface area contributed by atoms with E-state index < -0.39 is 0 Å². The summed E-state index contributed by atoms with van der Waals surface area (Å²) in [5, 5.41) is 3.55. The minimum absolute atomic E-state index is 0.697. The van der Waals surface area contributed by atoms with Crippen LogP contribution in [0.2, 0.25) is 0 Å². The van der Waals surface area contributed by atoms with Crippen LogP contribution in [0.3, 0.4) is 0 Å². The van der Waals surface area contributed by atoms with E-state index in [2.05, 4.69) is 30.1 Å². The molecule has 1 saturated heterocycles. The molecule has 0 amide bonds. The summed E-state index contributed by atoms with van der Waals surface area (Å²) in [7, 11) is 0. The van der Waals surface area contributed by atoms with Gasteiger partial charge in [0.05, 0.1) is 0 Å². The summed E-state index contributed by atoms with van der Waals surface area (Å²) in [6.45, 7) is 8.12. The van der Waals surface area contributed by atoms with Crippen LogP contribution in [0.4, 0.5) is 0 Å². The van der Waals surface area contributed by atoms with Crippen molar-refractivity contribution in [3.63, 3.8) is 0 Å². The lowest BCUT2D eigenvalue weighted by Crippen LogP contribution is -2.54. The summed E-state index contributed by atoms with van der Waals surface area (Å²) in [5.41, 5.74) is 4.91. The molecule has 0 aromatic carbocycles. The number of hydrogen-bond acceptors (Lipinski definition) is 2. The molecule has 0 radical (unpaired) electrons. The summed E-state index contributed by atoms with van der Waals surface area (Å²) >= 11 is 0. The molecule has 1 aliphatic carbocycles. The van der Waals surface area contributed by atoms with Gasteiger partial charge in [-0.1, -0.05) is 11.6 Å². The molecule has 3 rings (SSSR count). The molecule has 0 aromatic rings. The molecule has 2 nitrogen and oxygen atoms in total. The second kappa shape index (κ2) is 3.46. The molecule has 2 heterocycles. The van der Waals surface area contributed by atoms with Gasteiger partial charge in [0.15, 0.2) is 0 Å². The maximum atomic E-state index is 3.55. The summed E-state index contributed by atoms with van der Waals surface area (Å²) in [6.07, 6.45) is 5.01. The molecule has 0 bridgehead atoms. The molecule has 82 valence electrons. The number of nitrogens with one attached hydrogen (secondary N) is 1. The lowest BCUT2D eigenvalue weighted by Gasteiger charge is -2.37. The fourth-order valence-electron chi connectivity index (χ4n) is 3.24. The Labute approximate surface area is 92.0 Å². The molecule has 2 atom stereocenters. The fourth-order valence-corrected chi connectivity index (χ4v) is 3.24. The van der Waals surface area contributed by atoms with E-state index >= 15 is 0 Å². The lowest BCUT2D eigenvalue weighted by atomic mass is 9.91. The van der Waals surface area contributed by atoms with Gasteiger partial charge < -0.3 is 5.32 Å². The summed E-state index contributed by atoms with van der Waals surface area (Å²) < 4.78 is 0. The van der Waals surface area contributed by atoms with Crippen LogP contribution in [-0.4, -0.2) is 36.6 Å². The Hall–Kier alpha value is -0.600. The van der Waals surface area contributed by atoms with Crippen LogP contribution >= 0.6 is 0 Å². The van der Waals surface area contributed by atoms with E-state index in [9.17, 15) is 0 Å². The van der Waals surface area contributed by atoms with Crippen LogP contribution in [0.15, 0.2) is 22.8 Å². The monoisotopic (exact) mass is 204 g/mol. The number of rotatable bonds is 0. The molecule has 1 fully saturated rings. The van der Waals surface area contributed by atoms with Crippen molar-refractivity contribution in [2.24, 2.45) is 0 Å². The first-order chi connectivity index (χ1) is 7.25. The molecule has 0 saturated carbocycles. The highest BCUT2D eigenvalue weighted by molar-refractivity contribution is 5.41. The normalized spacial score (nSPS) is 36.3. The van der Waals surface area contributed by atoms with E-state index in [1.165, 1.54) is 19.4 Å². The highest BCUT2D eigenvalue weighted by Crippen LogP contribution is 2.36. The molecule has 1 N–H and O–H groups in total. The van der Waals surface area contributed by atoms with Crippen molar-refractivity contribution in [1.82, 2.24) is 10.2 Å². The third kappa shape index (κ3) is 1.47. The smallest absolute Gasteiger partial charge is 0.0445 e. The number of fused-ring (bicyclic) bond motifs is 2. The van der Waals surface area contributed by atoms with Gasteiger partial charge in [0, 0.05) is 31.7 Å². The van der Waals surface area contributed by atoms with E-state index in [-0.39, 0.29) is 0 Å². The Morgan fingerprint density at radius 1 is 1.33 bits per heavy atom. The van der Waals surface area contributed by atoms with Crippen LogP contribution in [-0.2, 0) is 0 Å². The Morgan fingerprint density at radius 2 is 2.20 bits per heavy atom. The van der Waals surface area contributed by atoms with E-state index in [1.807, 2.05) is 0 Å². The Bertz CT molecular complexity index is 340. The first-order valence-corrected chi connectivity index (χ1v) is 6.11. The fraction of sp³-hybridized carbons (Fsp3) is 0.692. The van der Waals surface area contributed by atoms with Crippen LogP contribution in [0.1, 0.15) is 26.7 Å². The second-order valence-corrected chi connectivity index (χ2v) is 5.24. The number of nitrogens with zero attached hydrogens (tertiary/aromatic N) is 1. The minimum atomic E-state index is 0.697. The van der Waals surface area contributed by atoms with Crippen LogP contribution in [0.25, 0.3) is 0 Å². The van der Waals surface area contributed by atoms with Crippen molar-refractivity contribution < 1.29 is 0 Å². The second-order valence-electron chi connectivity index (χ2n) is 5.24. The highest BCUT2D eigenvalue weighted by atomic mass is 15.3. The molecular weight excluding hydrogens is 184 g/mol. The number of hydrogen-bond donors (Lipinski definition) is 1. The van der Waals surface area contributed by atoms with Gasteiger partial charge in [-0.3, -0.25) is 4.90 Å². The molecule has 0 spiro atoms. The maximum Gasteiger partial charge on any atom is 0.0445 e. The summed E-state index contributed by atoms with van der Waals surface area (Å²) in [6, 6.07) is 1.40. The van der Waals surface area contributed by atoms with Crippen molar-refractivity contribution in [2.45, 2.75) is 38.8 Å². The van der Waals surface area contributed by atoms with Gasteiger partial charge >= 0.3 is 0 Å². The third-order valence-corrected chi connectivity index (χ3v) is 4.12. The molecule has 2 aliphatic heterocycles. The van der Waals surface area contributed by atoms with Crippen molar-refractivity contribution in [2.75, 3.05) is 19.6 Å². The van der Waals surface area contributed by atoms with Crippen LogP contribution in [0.5, 0.6) is 0 Å². The third-order valence-electron chi connectivity index (χ3n) is 4.12. The maximum absolute atomic E-state index is 3.55. The number of piperazine rings is 1. The molecular formula is C13H20N2. The highest BCUT2D eigenvalue weighted by Gasteiger charge is 2.37. The molecule has 2 unspecified atom stereocenters. The molecule has 15 heavy (non-hydrogen) atoms. The SMILES string of the molecule is CC1=CC2=C(CC1)C1CNCC(C)N1C2. The van der Waals surface area contributed by atoms with Gasteiger partial charge in [0.2, 0.25) is 0 Å². The molecule has 3 aliphatic rings. The quantitative estimate of drug-likeness (QED) is 0.646. The predicted octanol–water partition coefficient (Wildman–Crippen LogP) is 1.70. The zero-order valence-electron chi connectivity index (χ0n) is 9.71. The largest absolute Gasteiger partial charge is 0.313 e. The van der Waals surface area contributed by atoms with Crippen molar-refractivity contribution in [1.29, 1.82) is 0 Å². The summed E-state index contributed by atoms with van der Waals surface area (Å²) in [5.74, 6) is 0. The lowest BCUT2D eigenvalue weighted by molar-refractivity contribution is 0.156. The number of allylic oxidation sites excluding steroid dienone is 1. The minimum Gasteiger partial charge on any atom is -0.313 e. The Morgan fingerprint density at radius 3 is 3.07 bits per heavy atom. The van der Waals surface area contributed by atoms with Crippen LogP contribution in [0, 0.1) is 0 Å². The average molecular weight is 204 g/mol. The van der Waals surface area contributed by atoms with Crippen molar-refractivity contribution >= 4 is 0 Å². The predicted molar refractivity (Wildman–Crippen MR) is 62.8 cm³/mol. The van der Waals surface area contributed by atoms with Gasteiger partial charge in [-0.15, -0.1) is 0 Å². The van der Waals surface area contributed by atoms with Crippen LogP contribution < -0.4 is 5.32 Å². The van der Waals surface area contributed by atoms with Gasteiger partial charge in [0.1, 0.15) is 0 Å². The molecule has 2 heteroatoms. The zero-order valence-corrected chi connectivity index (χ0v) is 9.71. The molecule has 0 aromatic heterocycles. The van der Waals surface area contributed by atoms with Crippen molar-refractivity contribution in [3.05, 3.63) is 22.8 Å². The van der Waals surface area contributed by atoms with Gasteiger partial charge in [-0.2, -0.15) is 0 Å². The first-order valence-electron chi connectivity index (χ1n) is 6.11. The van der Waals surface area contributed by atoms with Crippen molar-refractivity contribution in [3.8, 4) is 0 Å². The zero-order chi connectivity index (χ0) is 10.4. The Balaban J connectivity index is 1.90. The first kappa shape index (κ1) is 9.61. The van der Waals surface area contributed by atoms with E-state index in [4.69, 9.17) is 0 Å². The van der Waals surface area contributed by atoms with Gasteiger partial charge in [-0.05, 0) is 37.8 Å². The van der Waals surface area contributed by atoms with E-state index in [0.29, 0.717) is 12.1 Å². The summed E-state index contributed by atoms with van der Waals surface area (Å²) in [4.78, 5) is 2.68. The van der Waals surface area contributed by atoms with Gasteiger partial charge in [-0.25, -0.2) is 0 Å².